The highest BCUT2D eigenvalue weighted by Crippen LogP contribution is 2.35. The van der Waals surface area contributed by atoms with Gasteiger partial charge >= 0.3 is 12.0 Å². The highest BCUT2D eigenvalue weighted by Gasteiger charge is 2.33. The lowest BCUT2D eigenvalue weighted by Gasteiger charge is -2.29. The molecule has 32 heavy (non-hydrogen) atoms. The third-order valence-corrected chi connectivity index (χ3v) is 5.38. The second kappa shape index (κ2) is 10.7. The number of nitrogens with one attached hydrogen (secondary N) is 2. The average Bonchev–Trinajstić information content (AvgIpc) is 2.81. The van der Waals surface area contributed by atoms with Crippen molar-refractivity contribution < 1.29 is 23.8 Å². The van der Waals surface area contributed by atoms with Crippen molar-refractivity contribution >= 4 is 12.0 Å². The lowest BCUT2D eigenvalue weighted by Crippen LogP contribution is -2.45. The number of benzene rings is 2. The molecule has 0 aromatic heterocycles. The summed E-state index contributed by atoms with van der Waals surface area (Å²) in [5.74, 6) is 0.611. The van der Waals surface area contributed by atoms with E-state index in [4.69, 9.17) is 14.2 Å². The van der Waals surface area contributed by atoms with Crippen molar-refractivity contribution in [2.75, 3.05) is 14.2 Å². The van der Waals surface area contributed by atoms with Crippen molar-refractivity contribution in [2.45, 2.75) is 45.8 Å². The van der Waals surface area contributed by atoms with Crippen molar-refractivity contribution in [1.82, 2.24) is 10.6 Å². The van der Waals surface area contributed by atoms with Crippen LogP contribution in [-0.4, -0.2) is 26.2 Å². The number of aryl methyl sites for hydroxylation is 1. The number of ether oxygens (including phenoxy) is 3. The number of carbonyl (C=O) groups is 2. The molecule has 0 aliphatic carbocycles. The van der Waals surface area contributed by atoms with E-state index in [0.29, 0.717) is 41.4 Å². The van der Waals surface area contributed by atoms with Gasteiger partial charge in [0.15, 0.2) is 11.5 Å². The lowest BCUT2D eigenvalue weighted by molar-refractivity contribution is -0.136. The molecule has 3 rings (SSSR count). The zero-order valence-electron chi connectivity index (χ0n) is 19.0. The fourth-order valence-corrected chi connectivity index (χ4v) is 3.60. The first-order chi connectivity index (χ1) is 15.5. The van der Waals surface area contributed by atoms with Crippen LogP contribution in [-0.2, 0) is 16.1 Å². The van der Waals surface area contributed by atoms with Gasteiger partial charge in [-0.25, -0.2) is 9.59 Å². The Bertz CT molecular complexity index is 998. The molecule has 0 bridgehead atoms. The van der Waals surface area contributed by atoms with Crippen molar-refractivity contribution in [3.8, 4) is 11.5 Å². The molecule has 1 aliphatic heterocycles. The van der Waals surface area contributed by atoms with E-state index in [0.717, 1.165) is 18.4 Å². The molecule has 2 N–H and O–H groups in total. The smallest absolute Gasteiger partial charge is 0.337 e. The topological polar surface area (TPSA) is 85.9 Å². The van der Waals surface area contributed by atoms with Gasteiger partial charge in [-0.15, -0.1) is 0 Å². The Morgan fingerprint density at radius 2 is 1.81 bits per heavy atom. The fraction of sp³-hybridized carbons (Fsp3) is 0.360. The highest BCUT2D eigenvalue weighted by molar-refractivity contribution is 5.95. The summed E-state index contributed by atoms with van der Waals surface area (Å²) in [7, 11) is 2.91. The monoisotopic (exact) mass is 438 g/mol. The summed E-state index contributed by atoms with van der Waals surface area (Å²) < 4.78 is 16.5. The van der Waals surface area contributed by atoms with Crippen LogP contribution in [0.25, 0.3) is 0 Å². The summed E-state index contributed by atoms with van der Waals surface area (Å²) >= 11 is 0. The summed E-state index contributed by atoms with van der Waals surface area (Å²) in [4.78, 5) is 25.0. The summed E-state index contributed by atoms with van der Waals surface area (Å²) in [6.45, 7) is 4.45. The largest absolute Gasteiger partial charge is 0.493 e. The normalized spacial score (nSPS) is 15.6. The summed E-state index contributed by atoms with van der Waals surface area (Å²) in [6.07, 6.45) is 2.36. The predicted molar refractivity (Wildman–Crippen MR) is 121 cm³/mol. The summed E-state index contributed by atoms with van der Waals surface area (Å²) in [6, 6.07) is 12.5. The molecule has 1 unspecified atom stereocenters. The molecule has 0 saturated heterocycles. The molecule has 2 aromatic carbocycles. The summed E-state index contributed by atoms with van der Waals surface area (Å²) in [5, 5.41) is 5.62. The van der Waals surface area contributed by atoms with Crippen LogP contribution in [0.1, 0.15) is 48.9 Å². The fourth-order valence-electron chi connectivity index (χ4n) is 3.60. The van der Waals surface area contributed by atoms with Gasteiger partial charge in [-0.3, -0.25) is 0 Å². The maximum Gasteiger partial charge on any atom is 0.337 e. The van der Waals surface area contributed by atoms with E-state index in [9.17, 15) is 9.59 Å². The quantitative estimate of drug-likeness (QED) is 0.561. The van der Waals surface area contributed by atoms with Crippen molar-refractivity contribution in [3.05, 3.63) is 70.4 Å². The molecule has 1 aliphatic rings. The Morgan fingerprint density at radius 3 is 2.47 bits per heavy atom. The molecular weight excluding hydrogens is 408 g/mol. The number of unbranched alkanes of at least 4 members (excludes halogenated alkanes) is 1. The SMILES string of the molecule is CCCCC1=C(C(=O)OC)C(c2ccc(OC)c(OCc3ccc(C)cc3)c2)NC(=O)N1. The Morgan fingerprint density at radius 1 is 1.06 bits per heavy atom. The lowest BCUT2D eigenvalue weighted by atomic mass is 9.93. The maximum atomic E-state index is 12.6. The number of esters is 1. The number of amides is 2. The Balaban J connectivity index is 1.95. The van der Waals surface area contributed by atoms with Crippen LogP contribution in [0.5, 0.6) is 11.5 Å². The van der Waals surface area contributed by atoms with Gasteiger partial charge in [0.1, 0.15) is 6.61 Å². The first kappa shape index (κ1) is 23.2. The second-order valence-corrected chi connectivity index (χ2v) is 7.70. The Labute approximate surface area is 188 Å². The second-order valence-electron chi connectivity index (χ2n) is 7.70. The van der Waals surface area contributed by atoms with E-state index in [2.05, 4.69) is 17.6 Å². The van der Waals surface area contributed by atoms with E-state index >= 15 is 0 Å². The minimum atomic E-state index is -0.657. The number of urea groups is 1. The molecule has 0 radical (unpaired) electrons. The van der Waals surface area contributed by atoms with Crippen LogP contribution in [0.4, 0.5) is 4.79 Å². The first-order valence-corrected chi connectivity index (χ1v) is 10.7. The van der Waals surface area contributed by atoms with Crippen molar-refractivity contribution in [1.29, 1.82) is 0 Å². The van der Waals surface area contributed by atoms with Crippen molar-refractivity contribution in [3.63, 3.8) is 0 Å². The molecular formula is C25H30N2O5. The van der Waals surface area contributed by atoms with Gasteiger partial charge in [-0.2, -0.15) is 0 Å². The molecule has 0 fully saturated rings. The van der Waals surface area contributed by atoms with Gasteiger partial charge in [0.05, 0.1) is 25.8 Å². The van der Waals surface area contributed by atoms with E-state index in [-0.39, 0.29) is 6.03 Å². The zero-order valence-corrected chi connectivity index (χ0v) is 19.0. The van der Waals surface area contributed by atoms with Gasteiger partial charge in [0.2, 0.25) is 0 Å². The summed E-state index contributed by atoms with van der Waals surface area (Å²) in [5.41, 5.74) is 3.89. The first-order valence-electron chi connectivity index (χ1n) is 10.7. The van der Waals surface area contributed by atoms with Gasteiger partial charge < -0.3 is 24.8 Å². The molecule has 1 atom stereocenters. The standard InChI is InChI=1S/C25H30N2O5/c1-5-6-7-19-22(24(28)31-4)23(27-25(29)26-19)18-12-13-20(30-3)21(14-18)32-15-17-10-8-16(2)9-11-17/h8-14,23H,5-7,15H2,1-4H3,(H2,26,27,29). The number of rotatable bonds is 9. The molecule has 0 spiro atoms. The van der Waals surface area contributed by atoms with Gasteiger partial charge in [0, 0.05) is 5.70 Å². The average molecular weight is 439 g/mol. The Hall–Kier alpha value is -3.48. The van der Waals surface area contributed by atoms with Crippen LogP contribution in [0, 0.1) is 6.92 Å². The minimum absolute atomic E-state index is 0.355. The van der Waals surface area contributed by atoms with Gasteiger partial charge in [-0.1, -0.05) is 49.2 Å². The number of methoxy groups -OCH3 is 2. The maximum absolute atomic E-state index is 12.6. The van der Waals surface area contributed by atoms with E-state index in [1.54, 1.807) is 19.2 Å². The predicted octanol–water partition coefficient (Wildman–Crippen LogP) is 4.55. The molecule has 1 heterocycles. The number of hydrogen-bond acceptors (Lipinski definition) is 5. The van der Waals surface area contributed by atoms with Gasteiger partial charge in [-0.05, 0) is 43.0 Å². The van der Waals surface area contributed by atoms with E-state index in [1.807, 2.05) is 37.3 Å². The molecule has 2 amide bonds. The van der Waals surface area contributed by atoms with Crippen molar-refractivity contribution in [2.24, 2.45) is 0 Å². The van der Waals surface area contributed by atoms with Crippen LogP contribution in [0.3, 0.4) is 0 Å². The zero-order chi connectivity index (χ0) is 23.1. The van der Waals surface area contributed by atoms with Crippen LogP contribution in [0.2, 0.25) is 0 Å². The van der Waals surface area contributed by atoms with E-state index < -0.39 is 12.0 Å². The number of carbonyl (C=O) groups excluding carboxylic acids is 2. The molecule has 2 aromatic rings. The van der Waals surface area contributed by atoms with Crippen LogP contribution < -0.4 is 20.1 Å². The molecule has 7 nitrogen and oxygen atoms in total. The van der Waals surface area contributed by atoms with Crippen LogP contribution >= 0.6 is 0 Å². The number of allylic oxidation sites excluding steroid dienone is 1. The van der Waals surface area contributed by atoms with Gasteiger partial charge in [0.25, 0.3) is 0 Å². The highest BCUT2D eigenvalue weighted by atomic mass is 16.5. The molecule has 170 valence electrons. The minimum Gasteiger partial charge on any atom is -0.493 e. The third-order valence-electron chi connectivity index (χ3n) is 5.38. The third kappa shape index (κ3) is 5.41. The Kier molecular flexibility index (Phi) is 7.76. The number of hydrogen-bond donors (Lipinski definition) is 2. The molecule has 0 saturated carbocycles. The van der Waals surface area contributed by atoms with E-state index in [1.165, 1.54) is 12.7 Å². The van der Waals surface area contributed by atoms with Crippen LogP contribution in [0.15, 0.2) is 53.7 Å². The molecule has 7 heteroatoms.